The van der Waals surface area contributed by atoms with E-state index in [-0.39, 0.29) is 5.25 Å². The monoisotopic (exact) mass is 191 g/mol. The maximum atomic E-state index is 10.6. The molecule has 0 aromatic heterocycles. The van der Waals surface area contributed by atoms with Gasteiger partial charge in [-0.05, 0) is 12.3 Å². The van der Waals surface area contributed by atoms with Crippen LogP contribution < -0.4 is 0 Å². The molecule has 0 aromatic carbocycles. The zero-order valence-corrected chi connectivity index (χ0v) is 9.02. The molecule has 0 aliphatic carbocycles. The zero-order chi connectivity index (χ0) is 9.56. The van der Waals surface area contributed by atoms with Gasteiger partial charge in [0, 0.05) is 5.25 Å². The Bertz CT molecular complexity index is 136. The van der Waals surface area contributed by atoms with Crippen LogP contribution in [0.3, 0.4) is 0 Å². The van der Waals surface area contributed by atoms with Gasteiger partial charge in [-0.2, -0.15) is 0 Å². The van der Waals surface area contributed by atoms with E-state index in [0.29, 0.717) is 5.92 Å². The SMILES string of the molecule is CCCCCC(C)C(C)S(=O)[O-]. The Morgan fingerprint density at radius 1 is 1.33 bits per heavy atom. The first kappa shape index (κ1) is 12.1. The van der Waals surface area contributed by atoms with Crippen molar-refractivity contribution in [1.82, 2.24) is 0 Å². The Morgan fingerprint density at radius 2 is 1.92 bits per heavy atom. The van der Waals surface area contributed by atoms with Crippen LogP contribution in [0.4, 0.5) is 0 Å². The van der Waals surface area contributed by atoms with Gasteiger partial charge in [-0.15, -0.1) is 0 Å². The van der Waals surface area contributed by atoms with Crippen LogP contribution >= 0.6 is 0 Å². The topological polar surface area (TPSA) is 40.1 Å². The summed E-state index contributed by atoms with van der Waals surface area (Å²) in [5.74, 6) is 0.301. The molecule has 0 N–H and O–H groups in total. The molecular formula is C9H19O2S-. The standard InChI is InChI=1S/C9H20O2S/c1-4-5-6-7-8(2)9(3)12(10)11/h8-9H,4-7H2,1-3H3,(H,10,11)/p-1. The zero-order valence-electron chi connectivity index (χ0n) is 8.21. The maximum Gasteiger partial charge on any atom is 0.0213 e. The van der Waals surface area contributed by atoms with Gasteiger partial charge in [-0.25, -0.2) is 0 Å². The van der Waals surface area contributed by atoms with Crippen LogP contribution in [0.1, 0.15) is 46.5 Å². The predicted molar refractivity (Wildman–Crippen MR) is 51.7 cm³/mol. The Kier molecular flexibility index (Phi) is 6.67. The van der Waals surface area contributed by atoms with Crippen molar-refractivity contribution in [3.63, 3.8) is 0 Å². The minimum absolute atomic E-state index is 0.193. The van der Waals surface area contributed by atoms with E-state index < -0.39 is 11.1 Å². The Morgan fingerprint density at radius 3 is 2.33 bits per heavy atom. The van der Waals surface area contributed by atoms with Crippen LogP contribution in [0.25, 0.3) is 0 Å². The van der Waals surface area contributed by atoms with Crippen molar-refractivity contribution in [3.8, 4) is 0 Å². The third-order valence-electron chi connectivity index (χ3n) is 2.37. The number of unbranched alkanes of at least 4 members (excludes halogenated alkanes) is 2. The van der Waals surface area contributed by atoms with Gasteiger partial charge in [0.2, 0.25) is 0 Å². The summed E-state index contributed by atoms with van der Waals surface area (Å²) in [6, 6.07) is 0. The van der Waals surface area contributed by atoms with Crippen LogP contribution in [0, 0.1) is 5.92 Å². The third-order valence-corrected chi connectivity index (χ3v) is 3.44. The fraction of sp³-hybridized carbons (Fsp3) is 1.00. The highest BCUT2D eigenvalue weighted by atomic mass is 32.2. The van der Waals surface area contributed by atoms with E-state index >= 15 is 0 Å². The quantitative estimate of drug-likeness (QED) is 0.478. The molecule has 0 saturated heterocycles. The van der Waals surface area contributed by atoms with E-state index in [1.165, 1.54) is 12.8 Å². The summed E-state index contributed by atoms with van der Waals surface area (Å²) >= 11 is -1.90. The second-order valence-electron chi connectivity index (χ2n) is 3.44. The first-order valence-corrected chi connectivity index (χ1v) is 5.81. The fourth-order valence-electron chi connectivity index (χ4n) is 1.14. The number of rotatable bonds is 6. The van der Waals surface area contributed by atoms with Crippen molar-refractivity contribution in [2.45, 2.75) is 51.7 Å². The van der Waals surface area contributed by atoms with Crippen molar-refractivity contribution in [2.75, 3.05) is 0 Å². The van der Waals surface area contributed by atoms with Crippen LogP contribution in [-0.2, 0) is 11.1 Å². The average molecular weight is 191 g/mol. The van der Waals surface area contributed by atoms with Crippen LogP contribution in [0.15, 0.2) is 0 Å². The van der Waals surface area contributed by atoms with Gasteiger partial charge in [-0.3, -0.25) is 4.21 Å². The summed E-state index contributed by atoms with van der Waals surface area (Å²) in [5.41, 5.74) is 0. The second kappa shape index (κ2) is 6.61. The van der Waals surface area contributed by atoms with E-state index in [0.717, 1.165) is 12.8 Å². The molecule has 0 heterocycles. The third kappa shape index (κ3) is 4.88. The smallest absolute Gasteiger partial charge is 0.0213 e. The Hall–Kier alpha value is 0.110. The minimum atomic E-state index is -1.90. The second-order valence-corrected chi connectivity index (χ2v) is 4.70. The molecule has 0 saturated carbocycles. The van der Waals surface area contributed by atoms with E-state index in [9.17, 15) is 8.76 Å². The summed E-state index contributed by atoms with van der Waals surface area (Å²) < 4.78 is 21.1. The highest BCUT2D eigenvalue weighted by molar-refractivity contribution is 7.79. The molecular weight excluding hydrogens is 172 g/mol. The summed E-state index contributed by atoms with van der Waals surface area (Å²) in [4.78, 5) is 0. The van der Waals surface area contributed by atoms with E-state index in [1.54, 1.807) is 6.92 Å². The molecule has 3 unspecified atom stereocenters. The van der Waals surface area contributed by atoms with Crippen LogP contribution in [0.5, 0.6) is 0 Å². The van der Waals surface area contributed by atoms with Gasteiger partial charge in [0.05, 0.1) is 0 Å². The lowest BCUT2D eigenvalue weighted by atomic mass is 10.0. The molecule has 0 fully saturated rings. The molecule has 0 bridgehead atoms. The first-order valence-electron chi connectivity index (χ1n) is 4.67. The molecule has 3 heteroatoms. The van der Waals surface area contributed by atoms with Gasteiger partial charge < -0.3 is 4.55 Å². The van der Waals surface area contributed by atoms with Gasteiger partial charge in [0.1, 0.15) is 0 Å². The maximum absolute atomic E-state index is 10.6. The lowest BCUT2D eigenvalue weighted by molar-refractivity contribution is 0.451. The molecule has 0 aliphatic rings. The molecule has 0 amide bonds. The number of hydrogen-bond acceptors (Lipinski definition) is 2. The van der Waals surface area contributed by atoms with Crippen molar-refractivity contribution in [2.24, 2.45) is 5.92 Å². The summed E-state index contributed by atoms with van der Waals surface area (Å²) in [5, 5.41) is -0.193. The van der Waals surface area contributed by atoms with Crippen LogP contribution in [0.2, 0.25) is 0 Å². The summed E-state index contributed by atoms with van der Waals surface area (Å²) in [6.07, 6.45) is 4.59. The van der Waals surface area contributed by atoms with Crippen molar-refractivity contribution in [3.05, 3.63) is 0 Å². The Labute approximate surface area is 78.0 Å². The molecule has 0 aliphatic heterocycles. The van der Waals surface area contributed by atoms with Gasteiger partial charge in [0.25, 0.3) is 0 Å². The molecule has 12 heavy (non-hydrogen) atoms. The molecule has 3 atom stereocenters. The Balaban J connectivity index is 3.56. The molecule has 0 aromatic rings. The largest absolute Gasteiger partial charge is 0.772 e. The highest BCUT2D eigenvalue weighted by Gasteiger charge is 2.11. The number of hydrogen-bond donors (Lipinski definition) is 0. The first-order chi connectivity index (χ1) is 5.59. The summed E-state index contributed by atoms with van der Waals surface area (Å²) in [6.45, 7) is 5.94. The minimum Gasteiger partial charge on any atom is -0.772 e. The summed E-state index contributed by atoms with van der Waals surface area (Å²) in [7, 11) is 0. The predicted octanol–water partition coefficient (Wildman–Crippen LogP) is 2.47. The molecule has 74 valence electrons. The lowest BCUT2D eigenvalue weighted by Crippen LogP contribution is -2.19. The van der Waals surface area contributed by atoms with Crippen molar-refractivity contribution >= 4 is 11.1 Å². The fourth-order valence-corrected chi connectivity index (χ4v) is 1.66. The molecule has 0 radical (unpaired) electrons. The van der Waals surface area contributed by atoms with Gasteiger partial charge in [-0.1, -0.05) is 51.1 Å². The molecule has 0 spiro atoms. The lowest BCUT2D eigenvalue weighted by Gasteiger charge is -2.21. The van der Waals surface area contributed by atoms with Gasteiger partial charge >= 0.3 is 0 Å². The van der Waals surface area contributed by atoms with Crippen molar-refractivity contribution in [1.29, 1.82) is 0 Å². The van der Waals surface area contributed by atoms with E-state index in [4.69, 9.17) is 0 Å². The highest BCUT2D eigenvalue weighted by Crippen LogP contribution is 2.16. The van der Waals surface area contributed by atoms with Gasteiger partial charge in [0.15, 0.2) is 0 Å². The van der Waals surface area contributed by atoms with Crippen LogP contribution in [-0.4, -0.2) is 14.0 Å². The van der Waals surface area contributed by atoms with E-state index in [1.807, 2.05) is 6.92 Å². The molecule has 0 rings (SSSR count). The average Bonchev–Trinajstić information content (AvgIpc) is 2.03. The normalized spacial score (nSPS) is 18.7. The van der Waals surface area contributed by atoms with Crippen molar-refractivity contribution < 1.29 is 8.76 Å². The molecule has 2 nitrogen and oxygen atoms in total. The van der Waals surface area contributed by atoms with E-state index in [2.05, 4.69) is 6.92 Å².